The van der Waals surface area contributed by atoms with Gasteiger partial charge in [-0.05, 0) is 30.9 Å². The molecule has 0 saturated carbocycles. The minimum Gasteiger partial charge on any atom is -0.370 e. The van der Waals surface area contributed by atoms with Crippen molar-refractivity contribution in [2.75, 3.05) is 0 Å². The topological polar surface area (TPSA) is 9.23 Å². The van der Waals surface area contributed by atoms with Crippen LogP contribution in [-0.4, -0.2) is 6.10 Å². The Hall–Kier alpha value is -1.86. The highest BCUT2D eigenvalue weighted by Crippen LogP contribution is 2.40. The van der Waals surface area contributed by atoms with Crippen LogP contribution in [-0.2, 0) is 4.74 Å². The first-order chi connectivity index (χ1) is 10.2. The monoisotopic (exact) mass is 278 g/mol. The van der Waals surface area contributed by atoms with Gasteiger partial charge in [-0.1, -0.05) is 72.8 Å². The van der Waals surface area contributed by atoms with Crippen molar-refractivity contribution in [2.45, 2.75) is 37.9 Å². The van der Waals surface area contributed by atoms with Crippen LogP contribution in [0.3, 0.4) is 0 Å². The van der Waals surface area contributed by atoms with Gasteiger partial charge in [-0.25, -0.2) is 0 Å². The van der Waals surface area contributed by atoms with Crippen LogP contribution in [0.1, 0.15) is 42.9 Å². The molecular formula is C20H22O. The van der Waals surface area contributed by atoms with E-state index in [4.69, 9.17) is 4.74 Å². The van der Waals surface area contributed by atoms with E-state index in [1.165, 1.54) is 16.7 Å². The highest BCUT2D eigenvalue weighted by molar-refractivity contribution is 5.30. The molecule has 1 nitrogen and oxygen atoms in total. The van der Waals surface area contributed by atoms with E-state index in [1.54, 1.807) is 0 Å². The third-order valence-corrected chi connectivity index (χ3v) is 4.28. The zero-order chi connectivity index (χ0) is 14.7. The van der Waals surface area contributed by atoms with Crippen LogP contribution >= 0.6 is 0 Å². The Kier molecular flexibility index (Phi) is 4.21. The van der Waals surface area contributed by atoms with Crippen LogP contribution in [0.25, 0.3) is 0 Å². The van der Waals surface area contributed by atoms with Crippen LogP contribution in [0.15, 0.2) is 72.8 Å². The predicted molar refractivity (Wildman–Crippen MR) is 87.3 cm³/mol. The summed E-state index contributed by atoms with van der Waals surface area (Å²) >= 11 is 0. The summed E-state index contributed by atoms with van der Waals surface area (Å²) < 4.78 is 6.26. The number of ether oxygens (including phenoxy) is 1. The second-order valence-electron chi connectivity index (χ2n) is 5.91. The zero-order valence-corrected chi connectivity index (χ0v) is 12.5. The maximum absolute atomic E-state index is 6.26. The third-order valence-electron chi connectivity index (χ3n) is 4.28. The fourth-order valence-corrected chi connectivity index (χ4v) is 3.18. The maximum atomic E-state index is 6.26. The zero-order valence-electron chi connectivity index (χ0n) is 12.5. The largest absolute Gasteiger partial charge is 0.370 e. The summed E-state index contributed by atoms with van der Waals surface area (Å²) in [5, 5.41) is 0. The van der Waals surface area contributed by atoms with Crippen LogP contribution in [0.4, 0.5) is 0 Å². The Bertz CT molecular complexity index is 588. The molecule has 0 N–H and O–H groups in total. The van der Waals surface area contributed by atoms with Crippen molar-refractivity contribution in [3.8, 4) is 0 Å². The Morgan fingerprint density at radius 1 is 0.905 bits per heavy atom. The summed E-state index contributed by atoms with van der Waals surface area (Å²) in [4.78, 5) is 0. The van der Waals surface area contributed by atoms with E-state index in [2.05, 4.69) is 68.1 Å². The number of hydrogen-bond donors (Lipinski definition) is 0. The highest BCUT2D eigenvalue weighted by atomic mass is 16.5. The second kappa shape index (κ2) is 6.28. The van der Waals surface area contributed by atoms with Crippen molar-refractivity contribution >= 4 is 0 Å². The van der Waals surface area contributed by atoms with E-state index in [-0.39, 0.29) is 12.2 Å². The summed E-state index contributed by atoms with van der Waals surface area (Å²) in [6.07, 6.45) is 2.27. The lowest BCUT2D eigenvalue weighted by Crippen LogP contribution is -2.12. The molecule has 0 spiro atoms. The van der Waals surface area contributed by atoms with Crippen molar-refractivity contribution in [1.82, 2.24) is 0 Å². The molecule has 0 unspecified atom stereocenters. The predicted octanol–water partition coefficient (Wildman–Crippen LogP) is 5.27. The lowest BCUT2D eigenvalue weighted by atomic mass is 9.85. The van der Waals surface area contributed by atoms with Gasteiger partial charge in [0.1, 0.15) is 0 Å². The lowest BCUT2D eigenvalue weighted by Gasteiger charge is -2.19. The van der Waals surface area contributed by atoms with Crippen LogP contribution in [0, 0.1) is 0 Å². The molecule has 0 radical (unpaired) electrons. The van der Waals surface area contributed by atoms with Crippen molar-refractivity contribution < 1.29 is 4.74 Å². The molecule has 2 aromatic carbocycles. The molecule has 1 saturated heterocycles. The first kappa shape index (κ1) is 14.1. The van der Waals surface area contributed by atoms with Gasteiger partial charge in [0, 0.05) is 5.92 Å². The first-order valence-corrected chi connectivity index (χ1v) is 7.67. The summed E-state index contributed by atoms with van der Waals surface area (Å²) in [5.41, 5.74) is 3.88. The van der Waals surface area contributed by atoms with Gasteiger partial charge in [0.05, 0.1) is 12.2 Å². The van der Waals surface area contributed by atoms with Gasteiger partial charge in [0.25, 0.3) is 0 Å². The maximum Gasteiger partial charge on any atom is 0.0865 e. The van der Waals surface area contributed by atoms with Crippen LogP contribution < -0.4 is 0 Å². The van der Waals surface area contributed by atoms with E-state index >= 15 is 0 Å². The smallest absolute Gasteiger partial charge is 0.0865 e. The van der Waals surface area contributed by atoms with Crippen molar-refractivity contribution in [1.29, 1.82) is 0 Å². The third kappa shape index (κ3) is 3.25. The molecule has 3 rings (SSSR count). The molecule has 21 heavy (non-hydrogen) atoms. The summed E-state index contributed by atoms with van der Waals surface area (Å²) in [7, 11) is 0. The summed E-state index contributed by atoms with van der Waals surface area (Å²) in [6, 6.07) is 21.2. The Labute approximate surface area is 127 Å². The normalized spacial score (nSPS) is 26.3. The number of rotatable bonds is 2. The lowest BCUT2D eigenvalue weighted by molar-refractivity contribution is 0.00151. The van der Waals surface area contributed by atoms with Gasteiger partial charge < -0.3 is 4.74 Å². The molecule has 0 aromatic heterocycles. The van der Waals surface area contributed by atoms with Gasteiger partial charge in [-0.2, -0.15) is 0 Å². The average molecular weight is 278 g/mol. The minimum atomic E-state index is 0.127. The van der Waals surface area contributed by atoms with E-state index in [0.717, 1.165) is 12.8 Å². The van der Waals surface area contributed by atoms with Crippen molar-refractivity contribution in [3.63, 3.8) is 0 Å². The van der Waals surface area contributed by atoms with E-state index in [1.807, 2.05) is 6.07 Å². The van der Waals surface area contributed by atoms with Crippen molar-refractivity contribution in [2.24, 2.45) is 0 Å². The molecule has 1 fully saturated rings. The molecule has 108 valence electrons. The quantitative estimate of drug-likeness (QED) is 0.680. The van der Waals surface area contributed by atoms with E-state index in [9.17, 15) is 0 Å². The average Bonchev–Trinajstić information content (AvgIpc) is 2.68. The standard InChI is InChI=1S/C20H22O/c1-15-13-20(18-11-7-4-8-12-18)21-16(2)14-19(15)17-9-5-3-6-10-17/h3-12,16,19-20H,1,13-14H2,2H3/t16-,19+,20-/m0/s1. The van der Waals surface area contributed by atoms with Gasteiger partial charge >= 0.3 is 0 Å². The summed E-state index contributed by atoms with van der Waals surface area (Å²) in [6.45, 7) is 6.53. The van der Waals surface area contributed by atoms with E-state index < -0.39 is 0 Å². The Balaban J connectivity index is 1.85. The van der Waals surface area contributed by atoms with Gasteiger partial charge in [0.2, 0.25) is 0 Å². The highest BCUT2D eigenvalue weighted by Gasteiger charge is 2.28. The molecule has 0 amide bonds. The molecular weight excluding hydrogens is 256 g/mol. The van der Waals surface area contributed by atoms with Crippen LogP contribution in [0.5, 0.6) is 0 Å². The molecule has 1 heteroatoms. The molecule has 0 bridgehead atoms. The Morgan fingerprint density at radius 3 is 2.10 bits per heavy atom. The SMILES string of the molecule is C=C1C[C@@H](c2ccccc2)O[C@@H](C)C[C@H]1c1ccccc1. The fourth-order valence-electron chi connectivity index (χ4n) is 3.18. The minimum absolute atomic E-state index is 0.127. The molecule has 2 aromatic rings. The van der Waals surface area contributed by atoms with Gasteiger partial charge in [-0.3, -0.25) is 0 Å². The summed E-state index contributed by atoms with van der Waals surface area (Å²) in [5.74, 6) is 0.398. The number of benzene rings is 2. The number of hydrogen-bond acceptors (Lipinski definition) is 1. The molecule has 1 aliphatic heterocycles. The second-order valence-corrected chi connectivity index (χ2v) is 5.91. The van der Waals surface area contributed by atoms with Crippen molar-refractivity contribution in [3.05, 3.63) is 83.9 Å². The Morgan fingerprint density at radius 2 is 1.48 bits per heavy atom. The molecule has 0 aliphatic carbocycles. The van der Waals surface area contributed by atoms with E-state index in [0.29, 0.717) is 5.92 Å². The van der Waals surface area contributed by atoms with Gasteiger partial charge in [-0.15, -0.1) is 0 Å². The first-order valence-electron chi connectivity index (χ1n) is 7.67. The molecule has 3 atom stereocenters. The molecule has 1 heterocycles. The van der Waals surface area contributed by atoms with Crippen LogP contribution in [0.2, 0.25) is 0 Å². The molecule has 1 aliphatic rings. The van der Waals surface area contributed by atoms with Gasteiger partial charge in [0.15, 0.2) is 0 Å². The fraction of sp³-hybridized carbons (Fsp3) is 0.300.